The molecule has 13 rings (SSSR count). The number of nitrogens with zero attached hydrogens (tertiary/aromatic N) is 2. The lowest BCUT2D eigenvalue weighted by molar-refractivity contribution is 0.793. The number of hydrogen-bond donors (Lipinski definition) is 0. The fraction of sp³-hybridized carbons (Fsp3) is 0.0164. The molecule has 1 aromatic heterocycles. The fourth-order valence-electron chi connectivity index (χ4n) is 11.0. The molecule has 1 spiro atoms. The number of aromatic nitrogens is 1. The van der Waals surface area contributed by atoms with E-state index in [1.807, 2.05) is 0 Å². The van der Waals surface area contributed by atoms with Gasteiger partial charge in [0.2, 0.25) is 0 Å². The summed E-state index contributed by atoms with van der Waals surface area (Å²) in [5, 5.41) is 2.49. The molecule has 0 unspecified atom stereocenters. The van der Waals surface area contributed by atoms with Crippen LogP contribution >= 0.6 is 0 Å². The summed E-state index contributed by atoms with van der Waals surface area (Å²) >= 11 is 0. The van der Waals surface area contributed by atoms with E-state index < -0.39 is 5.41 Å². The van der Waals surface area contributed by atoms with Crippen molar-refractivity contribution in [1.82, 2.24) is 4.57 Å². The van der Waals surface area contributed by atoms with Gasteiger partial charge in [-0.1, -0.05) is 176 Å². The Bertz CT molecular complexity index is 3500. The normalized spacial score (nSPS) is 12.9. The van der Waals surface area contributed by atoms with Crippen molar-refractivity contribution in [2.24, 2.45) is 0 Å². The van der Waals surface area contributed by atoms with Gasteiger partial charge in [-0.25, -0.2) is 0 Å². The number of hydrogen-bond acceptors (Lipinski definition) is 1. The van der Waals surface area contributed by atoms with Crippen LogP contribution in [0.3, 0.4) is 0 Å². The minimum Gasteiger partial charge on any atom is -0.310 e. The van der Waals surface area contributed by atoms with Crippen LogP contribution in [0.4, 0.5) is 17.1 Å². The molecule has 0 aliphatic heterocycles. The van der Waals surface area contributed by atoms with Crippen LogP contribution < -0.4 is 4.90 Å². The van der Waals surface area contributed by atoms with Gasteiger partial charge in [-0.3, -0.25) is 0 Å². The molecule has 1 heterocycles. The Balaban J connectivity index is 1.06. The van der Waals surface area contributed by atoms with Gasteiger partial charge in [0.25, 0.3) is 0 Å². The molecule has 0 radical (unpaired) electrons. The molecule has 2 aliphatic carbocycles. The fourth-order valence-corrected chi connectivity index (χ4v) is 11.0. The topological polar surface area (TPSA) is 8.17 Å². The molecule has 0 saturated heterocycles. The summed E-state index contributed by atoms with van der Waals surface area (Å²) in [5.74, 6) is 0. The van der Waals surface area contributed by atoms with Crippen molar-refractivity contribution < 1.29 is 0 Å². The van der Waals surface area contributed by atoms with Gasteiger partial charge in [-0.15, -0.1) is 0 Å². The molecule has 0 saturated carbocycles. The molecule has 2 aliphatic rings. The third-order valence-electron chi connectivity index (χ3n) is 13.6. The Morgan fingerprint density at radius 2 is 0.810 bits per heavy atom. The highest BCUT2D eigenvalue weighted by Crippen LogP contribution is 2.63. The molecule has 2 nitrogen and oxygen atoms in total. The van der Waals surface area contributed by atoms with Crippen LogP contribution in [0.1, 0.15) is 22.3 Å². The van der Waals surface area contributed by atoms with E-state index in [1.165, 1.54) is 71.9 Å². The summed E-state index contributed by atoms with van der Waals surface area (Å²) in [5.41, 5.74) is 21.6. The minimum absolute atomic E-state index is 0.443. The van der Waals surface area contributed by atoms with E-state index in [0.717, 1.165) is 39.4 Å². The van der Waals surface area contributed by atoms with Crippen LogP contribution in [0.5, 0.6) is 0 Å². The van der Waals surface area contributed by atoms with E-state index in [2.05, 4.69) is 252 Å². The largest absolute Gasteiger partial charge is 0.310 e. The maximum absolute atomic E-state index is 2.49. The number of anilines is 3. The van der Waals surface area contributed by atoms with Gasteiger partial charge in [0.1, 0.15) is 0 Å². The minimum atomic E-state index is -0.443. The van der Waals surface area contributed by atoms with Crippen molar-refractivity contribution in [1.29, 1.82) is 0 Å². The van der Waals surface area contributed by atoms with Gasteiger partial charge in [-0.2, -0.15) is 0 Å². The summed E-state index contributed by atoms with van der Waals surface area (Å²) in [6.45, 7) is 0. The van der Waals surface area contributed by atoms with Crippen LogP contribution in [0.25, 0.3) is 72.0 Å². The maximum Gasteiger partial charge on any atom is 0.0726 e. The third-order valence-corrected chi connectivity index (χ3v) is 13.6. The average molecular weight is 801 g/mol. The van der Waals surface area contributed by atoms with E-state index in [-0.39, 0.29) is 0 Å². The Kier molecular flexibility index (Phi) is 7.85. The summed E-state index contributed by atoms with van der Waals surface area (Å²) in [6.07, 6.45) is 0. The Labute approximate surface area is 367 Å². The molecule has 0 atom stereocenters. The first-order chi connectivity index (χ1) is 31.3. The van der Waals surface area contributed by atoms with E-state index in [4.69, 9.17) is 0 Å². The van der Waals surface area contributed by atoms with Crippen molar-refractivity contribution in [2.75, 3.05) is 4.90 Å². The quantitative estimate of drug-likeness (QED) is 0.163. The second-order valence-electron chi connectivity index (χ2n) is 16.8. The predicted octanol–water partition coefficient (Wildman–Crippen LogP) is 15.9. The molecule has 294 valence electrons. The molecular formula is C61H40N2. The maximum atomic E-state index is 2.49. The molecule has 63 heavy (non-hydrogen) atoms. The highest BCUT2D eigenvalue weighted by atomic mass is 15.1. The van der Waals surface area contributed by atoms with Gasteiger partial charge in [0, 0.05) is 33.5 Å². The monoisotopic (exact) mass is 800 g/mol. The number of benzene rings is 10. The van der Waals surface area contributed by atoms with Crippen LogP contribution in [0, 0.1) is 0 Å². The lowest BCUT2D eigenvalue weighted by Gasteiger charge is -2.32. The molecule has 0 amide bonds. The molecular weight excluding hydrogens is 761 g/mol. The Morgan fingerprint density at radius 1 is 0.286 bits per heavy atom. The van der Waals surface area contributed by atoms with Crippen molar-refractivity contribution in [3.63, 3.8) is 0 Å². The molecule has 2 heteroatoms. The highest BCUT2D eigenvalue weighted by molar-refractivity contribution is 6.10. The first kappa shape index (κ1) is 35.5. The van der Waals surface area contributed by atoms with Gasteiger partial charge in [-0.05, 0) is 133 Å². The first-order valence-corrected chi connectivity index (χ1v) is 21.8. The van der Waals surface area contributed by atoms with Crippen molar-refractivity contribution in [3.8, 4) is 50.2 Å². The lowest BCUT2D eigenvalue weighted by Crippen LogP contribution is -2.26. The second-order valence-corrected chi connectivity index (χ2v) is 16.8. The summed E-state index contributed by atoms with van der Waals surface area (Å²) in [6, 6.07) is 89.6. The third kappa shape index (κ3) is 5.25. The van der Waals surface area contributed by atoms with Crippen LogP contribution in [-0.4, -0.2) is 4.57 Å². The average Bonchev–Trinajstić information content (AvgIpc) is 3.96. The van der Waals surface area contributed by atoms with E-state index >= 15 is 0 Å². The first-order valence-electron chi connectivity index (χ1n) is 21.8. The number of fused-ring (bicyclic) bond motifs is 13. The zero-order valence-corrected chi connectivity index (χ0v) is 34.5. The zero-order chi connectivity index (χ0) is 41.5. The highest BCUT2D eigenvalue weighted by Gasteiger charge is 2.51. The molecule has 0 fully saturated rings. The predicted molar refractivity (Wildman–Crippen MR) is 263 cm³/mol. The van der Waals surface area contributed by atoms with Gasteiger partial charge in [0.15, 0.2) is 0 Å². The number of para-hydroxylation sites is 3. The smallest absolute Gasteiger partial charge is 0.0726 e. The van der Waals surface area contributed by atoms with E-state index in [1.54, 1.807) is 0 Å². The molecule has 0 bridgehead atoms. The van der Waals surface area contributed by atoms with Crippen LogP contribution in [0.15, 0.2) is 243 Å². The summed E-state index contributed by atoms with van der Waals surface area (Å²) in [4.78, 5) is 2.46. The molecule has 11 aromatic rings. The van der Waals surface area contributed by atoms with Crippen molar-refractivity contribution in [2.45, 2.75) is 5.41 Å². The number of rotatable bonds is 6. The molecule has 0 N–H and O–H groups in total. The van der Waals surface area contributed by atoms with Gasteiger partial charge < -0.3 is 9.47 Å². The Morgan fingerprint density at radius 3 is 1.48 bits per heavy atom. The summed E-state index contributed by atoms with van der Waals surface area (Å²) in [7, 11) is 0. The SMILES string of the molecule is c1ccc(-c2cc(-c3ccc4c5ccccc5n(-c5ccccc5)c4c3)cc(N(c3ccccc3)c3ccc4c(c3)C3(c5ccccc5-c5ccccc53)c3ccccc3-4)c2)cc1. The van der Waals surface area contributed by atoms with Gasteiger partial charge in [0.05, 0.1) is 16.4 Å². The Hall–Kier alpha value is -8.20. The van der Waals surface area contributed by atoms with E-state index in [9.17, 15) is 0 Å². The zero-order valence-electron chi connectivity index (χ0n) is 34.5. The standard InChI is InChI=1S/C61H40N2/c1-4-18-41(19-5-1)43-36-44(42-32-34-54-53-27-13-17-31-59(53)63(60(54)39-42)46-22-8-3-9-23-46)38-48(37-43)62(45-20-6-2-7-21-45)47-33-35-52-51-26-12-16-30-57(51)61(58(52)40-47)55-28-14-10-24-49(55)50-25-11-15-29-56(50)61/h1-40H. The van der Waals surface area contributed by atoms with E-state index in [0.29, 0.717) is 0 Å². The van der Waals surface area contributed by atoms with Gasteiger partial charge >= 0.3 is 0 Å². The van der Waals surface area contributed by atoms with Crippen LogP contribution in [0.2, 0.25) is 0 Å². The lowest BCUT2D eigenvalue weighted by atomic mass is 9.70. The van der Waals surface area contributed by atoms with Crippen LogP contribution in [-0.2, 0) is 5.41 Å². The second kappa shape index (κ2) is 13.9. The van der Waals surface area contributed by atoms with Crippen molar-refractivity contribution in [3.05, 3.63) is 265 Å². The molecule has 10 aromatic carbocycles. The summed E-state index contributed by atoms with van der Waals surface area (Å²) < 4.78 is 2.41. The van der Waals surface area contributed by atoms with Crippen molar-refractivity contribution >= 4 is 38.9 Å².